The lowest BCUT2D eigenvalue weighted by atomic mass is 9.88. The van der Waals surface area contributed by atoms with Crippen molar-refractivity contribution in [2.45, 2.75) is 52.7 Å². The average Bonchev–Trinajstić information content (AvgIpc) is 2.37. The molecule has 2 unspecified atom stereocenters. The largest absolute Gasteiger partial charge is 0.491 e. The quantitative estimate of drug-likeness (QED) is 0.842. The minimum Gasteiger partial charge on any atom is -0.491 e. The number of thioether (sulfide) groups is 1. The van der Waals surface area contributed by atoms with E-state index in [1.54, 1.807) is 0 Å². The van der Waals surface area contributed by atoms with Gasteiger partial charge in [-0.2, -0.15) is 11.8 Å². The monoisotopic (exact) mass is 293 g/mol. The first-order valence-corrected chi connectivity index (χ1v) is 8.75. The molecule has 1 aliphatic heterocycles. The van der Waals surface area contributed by atoms with Gasteiger partial charge in [0.15, 0.2) is 0 Å². The summed E-state index contributed by atoms with van der Waals surface area (Å²) < 4.78 is 5.89. The van der Waals surface area contributed by atoms with Crippen LogP contribution in [0.2, 0.25) is 0 Å². The number of rotatable bonds is 5. The molecular weight excluding hydrogens is 266 g/mol. The number of hydrogen-bond donors (Lipinski definition) is 1. The summed E-state index contributed by atoms with van der Waals surface area (Å²) in [6.45, 7) is 8.97. The predicted octanol–water partition coefficient (Wildman–Crippen LogP) is 4.81. The van der Waals surface area contributed by atoms with Crippen molar-refractivity contribution in [3.63, 3.8) is 0 Å². The summed E-state index contributed by atoms with van der Waals surface area (Å²) in [6, 6.07) is 8.93. The molecule has 0 radical (unpaired) electrons. The number of anilines is 1. The van der Waals surface area contributed by atoms with E-state index >= 15 is 0 Å². The van der Waals surface area contributed by atoms with Gasteiger partial charge in [-0.15, -0.1) is 0 Å². The third-order valence-corrected chi connectivity index (χ3v) is 5.35. The zero-order valence-electron chi connectivity index (χ0n) is 13.1. The minimum absolute atomic E-state index is 0.273. The molecule has 3 heteroatoms. The van der Waals surface area contributed by atoms with Gasteiger partial charge in [-0.05, 0) is 43.1 Å². The van der Waals surface area contributed by atoms with Crippen LogP contribution in [0, 0.1) is 5.41 Å². The van der Waals surface area contributed by atoms with Crippen LogP contribution in [0.25, 0.3) is 0 Å². The molecule has 0 aliphatic carbocycles. The second-order valence-electron chi connectivity index (χ2n) is 6.59. The summed E-state index contributed by atoms with van der Waals surface area (Å²) in [5, 5.41) is 3.67. The highest BCUT2D eigenvalue weighted by Crippen LogP contribution is 2.35. The Morgan fingerprint density at radius 3 is 2.95 bits per heavy atom. The van der Waals surface area contributed by atoms with Crippen LogP contribution >= 0.6 is 11.8 Å². The van der Waals surface area contributed by atoms with Crippen molar-refractivity contribution in [2.75, 3.05) is 16.8 Å². The third-order valence-electron chi connectivity index (χ3n) is 3.73. The highest BCUT2D eigenvalue weighted by molar-refractivity contribution is 7.99. The standard InChI is InChI=1S/C17H27NOS/c1-5-13(2)19-16-8-6-7-14(9-16)18-15-10-17(3,4)12-20-11-15/h6-9,13,15,18H,5,10-12H2,1-4H3. The Morgan fingerprint density at radius 2 is 2.25 bits per heavy atom. The topological polar surface area (TPSA) is 21.3 Å². The first kappa shape index (κ1) is 15.6. The molecule has 0 aromatic heterocycles. The molecule has 2 rings (SSSR count). The van der Waals surface area contributed by atoms with E-state index in [-0.39, 0.29) is 6.10 Å². The van der Waals surface area contributed by atoms with Crippen LogP contribution in [0.1, 0.15) is 40.5 Å². The van der Waals surface area contributed by atoms with Crippen LogP contribution in [0.5, 0.6) is 5.75 Å². The van der Waals surface area contributed by atoms with E-state index in [9.17, 15) is 0 Å². The lowest BCUT2D eigenvalue weighted by Gasteiger charge is -2.35. The number of hydrogen-bond acceptors (Lipinski definition) is 3. The number of ether oxygens (including phenoxy) is 1. The lowest BCUT2D eigenvalue weighted by molar-refractivity contribution is 0.217. The molecule has 1 heterocycles. The van der Waals surface area contributed by atoms with E-state index in [0.29, 0.717) is 11.5 Å². The predicted molar refractivity (Wildman–Crippen MR) is 90.0 cm³/mol. The summed E-state index contributed by atoms with van der Waals surface area (Å²) >= 11 is 2.05. The molecule has 0 spiro atoms. The Balaban J connectivity index is 1.97. The third kappa shape index (κ3) is 4.62. The van der Waals surface area contributed by atoms with Crippen molar-refractivity contribution in [1.82, 2.24) is 0 Å². The van der Waals surface area contributed by atoms with Gasteiger partial charge >= 0.3 is 0 Å². The summed E-state index contributed by atoms with van der Waals surface area (Å²) in [4.78, 5) is 0. The molecule has 112 valence electrons. The SMILES string of the molecule is CCC(C)Oc1cccc(NC2CSCC(C)(C)C2)c1. The van der Waals surface area contributed by atoms with E-state index < -0.39 is 0 Å². The first-order chi connectivity index (χ1) is 9.48. The van der Waals surface area contributed by atoms with Crippen molar-refractivity contribution >= 4 is 17.4 Å². The van der Waals surface area contributed by atoms with Crippen LogP contribution in [0.4, 0.5) is 5.69 Å². The van der Waals surface area contributed by atoms with Crippen LogP contribution in [-0.4, -0.2) is 23.7 Å². The van der Waals surface area contributed by atoms with E-state index in [4.69, 9.17) is 4.74 Å². The summed E-state index contributed by atoms with van der Waals surface area (Å²) in [5.41, 5.74) is 1.61. The minimum atomic E-state index is 0.273. The van der Waals surface area contributed by atoms with E-state index in [1.807, 2.05) is 6.07 Å². The number of nitrogens with one attached hydrogen (secondary N) is 1. The van der Waals surface area contributed by atoms with Crippen molar-refractivity contribution in [1.29, 1.82) is 0 Å². The highest BCUT2D eigenvalue weighted by atomic mass is 32.2. The van der Waals surface area contributed by atoms with E-state index in [2.05, 4.69) is 63.0 Å². The molecule has 1 N–H and O–H groups in total. The fourth-order valence-electron chi connectivity index (χ4n) is 2.57. The maximum atomic E-state index is 5.89. The van der Waals surface area contributed by atoms with Crippen molar-refractivity contribution in [2.24, 2.45) is 5.41 Å². The van der Waals surface area contributed by atoms with Crippen LogP contribution in [0.3, 0.4) is 0 Å². The van der Waals surface area contributed by atoms with Gasteiger partial charge in [-0.1, -0.05) is 26.8 Å². The number of benzene rings is 1. The van der Waals surface area contributed by atoms with E-state index in [1.165, 1.54) is 23.6 Å². The van der Waals surface area contributed by atoms with Gasteiger partial charge in [0.05, 0.1) is 6.10 Å². The van der Waals surface area contributed by atoms with Gasteiger partial charge in [-0.25, -0.2) is 0 Å². The smallest absolute Gasteiger partial charge is 0.121 e. The molecule has 0 saturated carbocycles. The van der Waals surface area contributed by atoms with E-state index in [0.717, 1.165) is 12.2 Å². The fraction of sp³-hybridized carbons (Fsp3) is 0.647. The Bertz CT molecular complexity index is 433. The fourth-order valence-corrected chi connectivity index (χ4v) is 3.84. The second kappa shape index (κ2) is 6.75. The highest BCUT2D eigenvalue weighted by Gasteiger charge is 2.28. The van der Waals surface area contributed by atoms with Crippen LogP contribution in [-0.2, 0) is 0 Å². The van der Waals surface area contributed by atoms with Crippen molar-refractivity contribution in [3.05, 3.63) is 24.3 Å². The van der Waals surface area contributed by atoms with Crippen LogP contribution < -0.4 is 10.1 Å². The zero-order chi connectivity index (χ0) is 14.6. The summed E-state index contributed by atoms with van der Waals surface area (Å²) in [5.74, 6) is 3.43. The molecule has 20 heavy (non-hydrogen) atoms. The van der Waals surface area contributed by atoms with Crippen LogP contribution in [0.15, 0.2) is 24.3 Å². The average molecular weight is 293 g/mol. The van der Waals surface area contributed by atoms with Crippen molar-refractivity contribution < 1.29 is 4.74 Å². The molecule has 2 atom stereocenters. The Labute approximate surface area is 127 Å². The molecule has 1 aromatic carbocycles. The molecular formula is C17H27NOS. The Kier molecular flexibility index (Phi) is 5.25. The molecule has 1 fully saturated rings. The normalized spacial score (nSPS) is 23.1. The van der Waals surface area contributed by atoms with Crippen molar-refractivity contribution in [3.8, 4) is 5.75 Å². The van der Waals surface area contributed by atoms with Gasteiger partial charge in [0.2, 0.25) is 0 Å². The van der Waals surface area contributed by atoms with Gasteiger partial charge in [0.25, 0.3) is 0 Å². The maximum Gasteiger partial charge on any atom is 0.121 e. The lowest BCUT2D eigenvalue weighted by Crippen LogP contribution is -2.35. The summed E-state index contributed by atoms with van der Waals surface area (Å²) in [6.07, 6.45) is 2.54. The first-order valence-electron chi connectivity index (χ1n) is 7.59. The summed E-state index contributed by atoms with van der Waals surface area (Å²) in [7, 11) is 0. The van der Waals surface area contributed by atoms with Gasteiger partial charge in [-0.3, -0.25) is 0 Å². The van der Waals surface area contributed by atoms with Gasteiger partial charge < -0.3 is 10.1 Å². The molecule has 1 saturated heterocycles. The molecule has 1 aliphatic rings. The Hall–Kier alpha value is -0.830. The maximum absolute atomic E-state index is 5.89. The molecule has 1 aromatic rings. The Morgan fingerprint density at radius 1 is 1.45 bits per heavy atom. The molecule has 2 nitrogen and oxygen atoms in total. The molecule has 0 bridgehead atoms. The van der Waals surface area contributed by atoms with Gasteiger partial charge in [0, 0.05) is 23.5 Å². The van der Waals surface area contributed by atoms with Gasteiger partial charge in [0.1, 0.15) is 5.75 Å². The molecule has 0 amide bonds. The second-order valence-corrected chi connectivity index (χ2v) is 7.62. The zero-order valence-corrected chi connectivity index (χ0v) is 13.9.